The van der Waals surface area contributed by atoms with Crippen LogP contribution in [0.1, 0.15) is 40.4 Å². The summed E-state index contributed by atoms with van der Waals surface area (Å²) in [6.07, 6.45) is 5.57. The van der Waals surface area contributed by atoms with E-state index in [2.05, 4.69) is 51.3 Å². The van der Waals surface area contributed by atoms with E-state index in [0.29, 0.717) is 17.3 Å². The Labute approximate surface area is 158 Å². The molecular formula is C21H23N5O. The Hall–Kier alpha value is -3.15. The summed E-state index contributed by atoms with van der Waals surface area (Å²) in [5.74, 6) is 0.655. The number of carbonyl (C=O) groups is 1. The summed E-state index contributed by atoms with van der Waals surface area (Å²) in [7, 11) is 0. The maximum Gasteiger partial charge on any atom is 0.252 e. The Kier molecular flexibility index (Phi) is 4.62. The molecule has 1 amide bonds. The third-order valence-corrected chi connectivity index (χ3v) is 5.36. The number of aryl methyl sites for hydroxylation is 1. The minimum absolute atomic E-state index is 0.402. The molecule has 1 fully saturated rings. The largest absolute Gasteiger partial charge is 0.365 e. The molecule has 0 aliphatic carbocycles. The van der Waals surface area contributed by atoms with Gasteiger partial charge >= 0.3 is 0 Å². The van der Waals surface area contributed by atoms with E-state index in [0.717, 1.165) is 25.9 Å². The number of carbonyl (C=O) groups excluding carboxylic acids is 1. The molecule has 138 valence electrons. The molecule has 4 rings (SSSR count). The van der Waals surface area contributed by atoms with E-state index in [1.165, 1.54) is 22.4 Å². The van der Waals surface area contributed by atoms with Gasteiger partial charge in [0.05, 0.1) is 11.8 Å². The molecule has 0 radical (unpaired) electrons. The molecule has 0 bridgehead atoms. The van der Waals surface area contributed by atoms with Crippen molar-refractivity contribution in [3.63, 3.8) is 0 Å². The van der Waals surface area contributed by atoms with Gasteiger partial charge in [-0.05, 0) is 43.0 Å². The summed E-state index contributed by atoms with van der Waals surface area (Å²) in [5.41, 5.74) is 10.8. The van der Waals surface area contributed by atoms with E-state index in [-0.39, 0.29) is 0 Å². The van der Waals surface area contributed by atoms with E-state index < -0.39 is 5.91 Å². The quantitative estimate of drug-likeness (QED) is 0.746. The van der Waals surface area contributed by atoms with Crippen LogP contribution in [0.3, 0.4) is 0 Å². The summed E-state index contributed by atoms with van der Waals surface area (Å²) in [4.78, 5) is 18.2. The zero-order valence-corrected chi connectivity index (χ0v) is 15.4. The molecule has 0 unspecified atom stereocenters. The monoisotopic (exact) mass is 361 g/mol. The van der Waals surface area contributed by atoms with Crippen molar-refractivity contribution in [3.05, 3.63) is 65.6 Å². The second-order valence-electron chi connectivity index (χ2n) is 7.01. The lowest BCUT2D eigenvalue weighted by Gasteiger charge is -2.33. The number of amides is 1. The molecule has 2 aromatic heterocycles. The Morgan fingerprint density at radius 2 is 1.93 bits per heavy atom. The molecule has 3 heterocycles. The Morgan fingerprint density at radius 3 is 2.67 bits per heavy atom. The average molecular weight is 361 g/mol. The molecular weight excluding hydrogens is 338 g/mol. The lowest BCUT2D eigenvalue weighted by Crippen LogP contribution is -2.35. The molecule has 27 heavy (non-hydrogen) atoms. The highest BCUT2D eigenvalue weighted by Crippen LogP contribution is 2.36. The molecule has 1 aromatic carbocycles. The summed E-state index contributed by atoms with van der Waals surface area (Å²) in [5, 5.41) is 7.54. The number of pyridine rings is 1. The second-order valence-corrected chi connectivity index (χ2v) is 7.01. The fourth-order valence-electron chi connectivity index (χ4n) is 3.92. The molecule has 0 atom stereocenters. The zero-order chi connectivity index (χ0) is 18.8. The van der Waals surface area contributed by atoms with Crippen molar-refractivity contribution in [2.75, 3.05) is 18.0 Å². The van der Waals surface area contributed by atoms with E-state index >= 15 is 0 Å². The standard InChI is InChI=1S/C21H23N5O/c1-14-5-2-3-6-16(14)18-13-24-25-19(18)15-8-11-26(12-9-15)21-17(20(22)27)7-4-10-23-21/h2-7,10,13,15H,8-9,11-12H2,1H3,(H2,22,27)(H,24,25). The highest BCUT2D eigenvalue weighted by molar-refractivity contribution is 5.97. The van der Waals surface area contributed by atoms with Crippen LogP contribution in [-0.4, -0.2) is 34.2 Å². The molecule has 0 spiro atoms. The predicted molar refractivity (Wildman–Crippen MR) is 106 cm³/mol. The van der Waals surface area contributed by atoms with Gasteiger partial charge in [0.25, 0.3) is 5.91 Å². The number of primary amides is 1. The molecule has 0 saturated carbocycles. The molecule has 1 aliphatic heterocycles. The Morgan fingerprint density at radius 1 is 1.15 bits per heavy atom. The number of nitrogens with one attached hydrogen (secondary N) is 1. The first-order valence-corrected chi connectivity index (χ1v) is 9.24. The summed E-state index contributed by atoms with van der Waals surface area (Å²) >= 11 is 0. The highest BCUT2D eigenvalue weighted by Gasteiger charge is 2.27. The van der Waals surface area contributed by atoms with E-state index in [1.54, 1.807) is 18.3 Å². The van der Waals surface area contributed by atoms with Gasteiger partial charge in [0.1, 0.15) is 5.82 Å². The van der Waals surface area contributed by atoms with Crippen molar-refractivity contribution in [1.82, 2.24) is 15.2 Å². The van der Waals surface area contributed by atoms with E-state index in [1.807, 2.05) is 6.20 Å². The first-order valence-electron chi connectivity index (χ1n) is 9.24. The van der Waals surface area contributed by atoms with Crippen molar-refractivity contribution in [2.45, 2.75) is 25.7 Å². The maximum atomic E-state index is 11.7. The highest BCUT2D eigenvalue weighted by atomic mass is 16.1. The molecule has 3 aromatic rings. The van der Waals surface area contributed by atoms with Gasteiger partial charge in [-0.2, -0.15) is 5.10 Å². The van der Waals surface area contributed by atoms with Crippen molar-refractivity contribution in [3.8, 4) is 11.1 Å². The van der Waals surface area contributed by atoms with Crippen LogP contribution < -0.4 is 10.6 Å². The zero-order valence-electron chi connectivity index (χ0n) is 15.4. The minimum atomic E-state index is -0.435. The van der Waals surface area contributed by atoms with Gasteiger partial charge in [0.15, 0.2) is 0 Å². The fraction of sp³-hybridized carbons (Fsp3) is 0.286. The van der Waals surface area contributed by atoms with Crippen molar-refractivity contribution >= 4 is 11.7 Å². The number of anilines is 1. The summed E-state index contributed by atoms with van der Waals surface area (Å²) in [6.45, 7) is 3.78. The number of nitrogens with zero attached hydrogens (tertiary/aromatic N) is 3. The lowest BCUT2D eigenvalue weighted by molar-refractivity contribution is 0.100. The Bertz CT molecular complexity index is 956. The fourth-order valence-corrected chi connectivity index (χ4v) is 3.92. The van der Waals surface area contributed by atoms with Crippen molar-refractivity contribution in [2.24, 2.45) is 5.73 Å². The number of hydrogen-bond donors (Lipinski definition) is 2. The van der Waals surface area contributed by atoms with Crippen LogP contribution in [0, 0.1) is 6.92 Å². The van der Waals surface area contributed by atoms with Crippen LogP contribution >= 0.6 is 0 Å². The third kappa shape index (κ3) is 3.30. The van der Waals surface area contributed by atoms with Gasteiger partial charge < -0.3 is 10.6 Å². The topological polar surface area (TPSA) is 87.9 Å². The van der Waals surface area contributed by atoms with E-state index in [4.69, 9.17) is 5.73 Å². The van der Waals surface area contributed by atoms with Crippen molar-refractivity contribution < 1.29 is 4.79 Å². The molecule has 6 heteroatoms. The number of nitrogens with two attached hydrogens (primary N) is 1. The number of hydrogen-bond acceptors (Lipinski definition) is 4. The normalized spacial score (nSPS) is 15.1. The summed E-state index contributed by atoms with van der Waals surface area (Å²) in [6, 6.07) is 11.9. The summed E-state index contributed by atoms with van der Waals surface area (Å²) < 4.78 is 0. The van der Waals surface area contributed by atoms with Crippen LogP contribution in [0.2, 0.25) is 0 Å². The minimum Gasteiger partial charge on any atom is -0.365 e. The van der Waals surface area contributed by atoms with Crippen LogP contribution in [0.25, 0.3) is 11.1 Å². The molecule has 1 aliphatic rings. The second kappa shape index (κ2) is 7.23. The molecule has 3 N–H and O–H groups in total. The third-order valence-electron chi connectivity index (χ3n) is 5.36. The Balaban J connectivity index is 1.54. The van der Waals surface area contributed by atoms with Gasteiger partial charge in [-0.25, -0.2) is 4.98 Å². The van der Waals surface area contributed by atoms with Gasteiger partial charge in [0, 0.05) is 36.5 Å². The van der Waals surface area contributed by atoms with Crippen LogP contribution in [0.5, 0.6) is 0 Å². The SMILES string of the molecule is Cc1ccccc1-c1cn[nH]c1C1CCN(c2ncccc2C(N)=O)CC1. The number of aromatic amines is 1. The van der Waals surface area contributed by atoms with Crippen LogP contribution in [0.4, 0.5) is 5.82 Å². The maximum absolute atomic E-state index is 11.7. The lowest BCUT2D eigenvalue weighted by atomic mass is 9.88. The smallest absolute Gasteiger partial charge is 0.252 e. The number of benzene rings is 1. The van der Waals surface area contributed by atoms with Gasteiger partial charge in [-0.15, -0.1) is 0 Å². The number of rotatable bonds is 4. The molecule has 6 nitrogen and oxygen atoms in total. The van der Waals surface area contributed by atoms with Crippen LogP contribution in [0.15, 0.2) is 48.8 Å². The van der Waals surface area contributed by atoms with Crippen molar-refractivity contribution in [1.29, 1.82) is 0 Å². The van der Waals surface area contributed by atoms with E-state index in [9.17, 15) is 4.79 Å². The first kappa shape index (κ1) is 17.3. The predicted octanol–water partition coefficient (Wildman–Crippen LogP) is 3.26. The number of piperidine rings is 1. The number of aromatic nitrogens is 3. The molecule has 1 saturated heterocycles. The average Bonchev–Trinajstić information content (AvgIpc) is 3.18. The number of H-pyrrole nitrogens is 1. The van der Waals surface area contributed by atoms with Gasteiger partial charge in [-0.3, -0.25) is 9.89 Å². The van der Waals surface area contributed by atoms with Crippen LogP contribution in [-0.2, 0) is 0 Å². The van der Waals surface area contributed by atoms with Gasteiger partial charge in [-0.1, -0.05) is 24.3 Å². The van der Waals surface area contributed by atoms with Gasteiger partial charge in [0.2, 0.25) is 0 Å². The first-order chi connectivity index (χ1) is 13.1.